The van der Waals surface area contributed by atoms with Crippen LogP contribution < -0.4 is 18.9 Å². The summed E-state index contributed by atoms with van der Waals surface area (Å²) in [6, 6.07) is 6.09. The summed E-state index contributed by atoms with van der Waals surface area (Å²) in [7, 11) is 4.30. The molecule has 3 rings (SSSR count). The zero-order valence-electron chi connectivity index (χ0n) is 14.0. The fraction of sp³-hybridized carbons (Fsp3) is 0.278. The minimum absolute atomic E-state index is 0.0157. The highest BCUT2D eigenvalue weighted by Gasteiger charge is 2.34. The molecule has 1 atom stereocenters. The van der Waals surface area contributed by atoms with Gasteiger partial charge in [0.25, 0.3) is 0 Å². The smallest absolute Gasteiger partial charge is 0.204 e. The third-order valence-corrected chi connectivity index (χ3v) is 4.09. The van der Waals surface area contributed by atoms with Gasteiger partial charge in [-0.1, -0.05) is 6.07 Å². The predicted molar refractivity (Wildman–Crippen MR) is 88.2 cm³/mol. The van der Waals surface area contributed by atoms with Crippen molar-refractivity contribution < 1.29 is 34.0 Å². The van der Waals surface area contributed by atoms with Gasteiger partial charge in [0, 0.05) is 6.07 Å². The highest BCUT2D eigenvalue weighted by atomic mass is 16.5. The normalized spacial score (nSPS) is 16.0. The molecule has 2 aromatic carbocycles. The molecule has 7 heteroatoms. The van der Waals surface area contributed by atoms with Crippen LogP contribution in [-0.4, -0.2) is 37.3 Å². The molecule has 0 radical (unpaired) electrons. The SMILES string of the molecule is COc1ccc([C@@H]2CC(=O)c3c(O)cc(OC)c(OC)c3O2)cc1O. The van der Waals surface area contributed by atoms with Crippen LogP contribution in [0.25, 0.3) is 0 Å². The van der Waals surface area contributed by atoms with E-state index >= 15 is 0 Å². The second-order valence-corrected chi connectivity index (χ2v) is 5.50. The first-order chi connectivity index (χ1) is 12.0. The Balaban J connectivity index is 2.07. The quantitative estimate of drug-likeness (QED) is 0.879. The fourth-order valence-corrected chi connectivity index (χ4v) is 2.88. The van der Waals surface area contributed by atoms with Crippen molar-refractivity contribution in [2.45, 2.75) is 12.5 Å². The Hall–Kier alpha value is -3.09. The lowest BCUT2D eigenvalue weighted by atomic mass is 9.95. The lowest BCUT2D eigenvalue weighted by Crippen LogP contribution is -2.21. The molecule has 0 amide bonds. The van der Waals surface area contributed by atoms with Gasteiger partial charge in [0.2, 0.25) is 5.75 Å². The zero-order chi connectivity index (χ0) is 18.1. The number of carbonyl (C=O) groups excluding carboxylic acids is 1. The largest absolute Gasteiger partial charge is 0.507 e. The fourth-order valence-electron chi connectivity index (χ4n) is 2.88. The second-order valence-electron chi connectivity index (χ2n) is 5.50. The molecule has 0 aliphatic carbocycles. The van der Waals surface area contributed by atoms with Crippen LogP contribution in [0.5, 0.6) is 34.5 Å². The molecule has 0 saturated heterocycles. The van der Waals surface area contributed by atoms with Gasteiger partial charge in [0.15, 0.2) is 28.8 Å². The van der Waals surface area contributed by atoms with E-state index in [2.05, 4.69) is 0 Å². The highest BCUT2D eigenvalue weighted by molar-refractivity contribution is 6.03. The van der Waals surface area contributed by atoms with E-state index in [-0.39, 0.29) is 46.5 Å². The van der Waals surface area contributed by atoms with Gasteiger partial charge in [0.05, 0.1) is 27.8 Å². The molecule has 132 valence electrons. The Kier molecular flexibility index (Phi) is 4.31. The first kappa shape index (κ1) is 16.8. The number of fused-ring (bicyclic) bond motifs is 1. The summed E-state index contributed by atoms with van der Waals surface area (Å²) in [5, 5.41) is 20.1. The maximum Gasteiger partial charge on any atom is 0.204 e. The minimum atomic E-state index is -0.641. The summed E-state index contributed by atoms with van der Waals surface area (Å²) in [5.74, 6) is 0.353. The molecule has 1 heterocycles. The monoisotopic (exact) mass is 346 g/mol. The summed E-state index contributed by atoms with van der Waals surface area (Å²) in [4.78, 5) is 12.5. The van der Waals surface area contributed by atoms with Gasteiger partial charge in [0.1, 0.15) is 17.4 Å². The molecule has 1 aliphatic rings. The van der Waals surface area contributed by atoms with E-state index in [4.69, 9.17) is 18.9 Å². The molecule has 25 heavy (non-hydrogen) atoms. The number of hydrogen-bond donors (Lipinski definition) is 2. The van der Waals surface area contributed by atoms with Gasteiger partial charge in [-0.2, -0.15) is 0 Å². The van der Waals surface area contributed by atoms with Crippen LogP contribution in [-0.2, 0) is 0 Å². The molecular weight excluding hydrogens is 328 g/mol. The van der Waals surface area contributed by atoms with Crippen LogP contribution in [0.4, 0.5) is 0 Å². The average molecular weight is 346 g/mol. The van der Waals surface area contributed by atoms with Crippen LogP contribution in [0, 0.1) is 0 Å². The summed E-state index contributed by atoms with van der Waals surface area (Å²) in [5.41, 5.74) is 0.660. The molecule has 7 nitrogen and oxygen atoms in total. The van der Waals surface area contributed by atoms with Crippen LogP contribution in [0.2, 0.25) is 0 Å². The number of ketones is 1. The first-order valence-corrected chi connectivity index (χ1v) is 7.54. The highest BCUT2D eigenvalue weighted by Crippen LogP contribution is 2.50. The predicted octanol–water partition coefficient (Wildman–Crippen LogP) is 2.83. The number of rotatable bonds is 4. The van der Waals surface area contributed by atoms with Gasteiger partial charge < -0.3 is 29.2 Å². The van der Waals surface area contributed by atoms with E-state index in [0.29, 0.717) is 11.3 Å². The van der Waals surface area contributed by atoms with E-state index < -0.39 is 6.10 Å². The molecular formula is C18H18O7. The van der Waals surface area contributed by atoms with Crippen molar-refractivity contribution in [2.24, 2.45) is 0 Å². The summed E-state index contributed by atoms with van der Waals surface area (Å²) < 4.78 is 21.4. The Morgan fingerprint density at radius 2 is 1.72 bits per heavy atom. The third kappa shape index (κ3) is 2.77. The van der Waals surface area contributed by atoms with Gasteiger partial charge in [-0.3, -0.25) is 4.79 Å². The van der Waals surface area contributed by atoms with Gasteiger partial charge in [-0.15, -0.1) is 0 Å². The summed E-state index contributed by atoms with van der Waals surface area (Å²) >= 11 is 0. The summed E-state index contributed by atoms with van der Waals surface area (Å²) in [6.07, 6.45) is -0.626. The van der Waals surface area contributed by atoms with Crippen LogP contribution >= 0.6 is 0 Å². The molecule has 0 spiro atoms. The molecule has 0 unspecified atom stereocenters. The van der Waals surface area contributed by atoms with Crippen LogP contribution in [0.3, 0.4) is 0 Å². The van der Waals surface area contributed by atoms with E-state index in [1.54, 1.807) is 12.1 Å². The zero-order valence-corrected chi connectivity index (χ0v) is 14.0. The Morgan fingerprint density at radius 3 is 2.32 bits per heavy atom. The number of ether oxygens (including phenoxy) is 4. The standard InChI is InChI=1S/C18H18O7/c1-22-13-5-4-9(6-10(13)19)14-7-11(20)16-12(21)8-15(23-2)17(24-3)18(16)25-14/h4-6,8,14,19,21H,7H2,1-3H3/t14-/m0/s1. The Labute approximate surface area is 144 Å². The van der Waals surface area contributed by atoms with E-state index in [1.807, 2.05) is 0 Å². The van der Waals surface area contributed by atoms with Crippen molar-refractivity contribution in [3.05, 3.63) is 35.4 Å². The molecule has 2 aromatic rings. The molecule has 0 aromatic heterocycles. The van der Waals surface area contributed by atoms with Crippen molar-refractivity contribution in [3.63, 3.8) is 0 Å². The number of phenolic OH excluding ortho intramolecular Hbond substituents is 2. The van der Waals surface area contributed by atoms with E-state index in [0.717, 1.165) is 0 Å². The van der Waals surface area contributed by atoms with Crippen molar-refractivity contribution in [3.8, 4) is 34.5 Å². The maximum absolute atomic E-state index is 12.5. The third-order valence-electron chi connectivity index (χ3n) is 4.09. The molecule has 0 saturated carbocycles. The lowest BCUT2D eigenvalue weighted by molar-refractivity contribution is 0.0835. The molecule has 2 N–H and O–H groups in total. The number of Topliss-reactive ketones (excluding diaryl/α,β-unsaturated/α-hetero) is 1. The lowest BCUT2D eigenvalue weighted by Gasteiger charge is -2.28. The molecule has 0 fully saturated rings. The topological polar surface area (TPSA) is 94.5 Å². The van der Waals surface area contributed by atoms with Gasteiger partial charge in [-0.05, 0) is 17.7 Å². The van der Waals surface area contributed by atoms with Crippen molar-refractivity contribution >= 4 is 5.78 Å². The maximum atomic E-state index is 12.5. The number of carbonyl (C=O) groups is 1. The second kappa shape index (κ2) is 6.43. The van der Waals surface area contributed by atoms with Crippen molar-refractivity contribution in [1.82, 2.24) is 0 Å². The van der Waals surface area contributed by atoms with Crippen LogP contribution in [0.1, 0.15) is 28.4 Å². The van der Waals surface area contributed by atoms with Gasteiger partial charge >= 0.3 is 0 Å². The number of phenols is 2. The summed E-state index contributed by atoms with van der Waals surface area (Å²) in [6.45, 7) is 0. The average Bonchev–Trinajstić information content (AvgIpc) is 2.60. The van der Waals surface area contributed by atoms with E-state index in [1.165, 1.54) is 33.5 Å². The minimum Gasteiger partial charge on any atom is -0.507 e. The number of benzene rings is 2. The molecule has 0 bridgehead atoms. The Bertz CT molecular complexity index is 829. The number of hydrogen-bond acceptors (Lipinski definition) is 7. The first-order valence-electron chi connectivity index (χ1n) is 7.54. The van der Waals surface area contributed by atoms with Crippen molar-refractivity contribution in [2.75, 3.05) is 21.3 Å². The molecule has 1 aliphatic heterocycles. The van der Waals surface area contributed by atoms with Gasteiger partial charge in [-0.25, -0.2) is 0 Å². The van der Waals surface area contributed by atoms with Crippen molar-refractivity contribution in [1.29, 1.82) is 0 Å². The van der Waals surface area contributed by atoms with E-state index in [9.17, 15) is 15.0 Å². The number of aromatic hydroxyl groups is 2. The van der Waals surface area contributed by atoms with Crippen LogP contribution in [0.15, 0.2) is 24.3 Å². The number of methoxy groups -OCH3 is 3. The Morgan fingerprint density at radius 1 is 1.00 bits per heavy atom.